The zero-order valence-corrected chi connectivity index (χ0v) is 9.66. The summed E-state index contributed by atoms with van der Waals surface area (Å²) in [6, 6.07) is 0. The molecule has 0 bridgehead atoms. The van der Waals surface area contributed by atoms with Crippen LogP contribution in [-0.4, -0.2) is 16.6 Å². The molecular weight excluding hydrogens is 206 g/mol. The van der Waals surface area contributed by atoms with Gasteiger partial charge in [0, 0.05) is 0 Å². The van der Waals surface area contributed by atoms with Crippen LogP contribution in [0.4, 0.5) is 5.69 Å². The van der Waals surface area contributed by atoms with Crippen LogP contribution in [0, 0.1) is 0 Å². The van der Waals surface area contributed by atoms with Gasteiger partial charge in [-0.25, -0.2) is 4.98 Å². The molecule has 0 aromatic carbocycles. The third-order valence-electron chi connectivity index (χ3n) is 2.34. The van der Waals surface area contributed by atoms with Gasteiger partial charge in [0.25, 0.3) is 5.56 Å². The summed E-state index contributed by atoms with van der Waals surface area (Å²) in [6.07, 6.45) is 7.10. The smallest absolute Gasteiger partial charge is 0.277 e. The first-order valence-corrected chi connectivity index (χ1v) is 5.71. The highest BCUT2D eigenvalue weighted by Gasteiger charge is 2.04. The Bertz CT molecular complexity index is 362. The van der Waals surface area contributed by atoms with Crippen molar-refractivity contribution in [3.8, 4) is 5.88 Å². The van der Waals surface area contributed by atoms with Gasteiger partial charge in [-0.2, -0.15) is 0 Å². The summed E-state index contributed by atoms with van der Waals surface area (Å²) >= 11 is 0. The fourth-order valence-corrected chi connectivity index (χ4v) is 1.38. The van der Waals surface area contributed by atoms with Crippen molar-refractivity contribution in [1.82, 2.24) is 9.97 Å². The molecule has 0 aliphatic rings. The third kappa shape index (κ3) is 3.92. The van der Waals surface area contributed by atoms with Crippen molar-refractivity contribution in [1.29, 1.82) is 0 Å². The second kappa shape index (κ2) is 6.87. The molecule has 0 saturated heterocycles. The van der Waals surface area contributed by atoms with Gasteiger partial charge in [-0.1, -0.05) is 32.6 Å². The average molecular weight is 225 g/mol. The number of anilines is 1. The van der Waals surface area contributed by atoms with Crippen LogP contribution in [0.1, 0.15) is 39.0 Å². The van der Waals surface area contributed by atoms with Crippen molar-refractivity contribution in [3.05, 3.63) is 16.7 Å². The monoisotopic (exact) mass is 225 g/mol. The highest BCUT2D eigenvalue weighted by molar-refractivity contribution is 5.44. The Morgan fingerprint density at radius 1 is 1.38 bits per heavy atom. The lowest BCUT2D eigenvalue weighted by atomic mass is 10.2. The molecular formula is C11H19N3O2. The SMILES string of the molecule is CCCCCCCOc1nc[nH]c(=O)c1N. The lowest BCUT2D eigenvalue weighted by Crippen LogP contribution is -2.14. The molecule has 1 rings (SSSR count). The first kappa shape index (κ1) is 12.5. The molecule has 0 saturated carbocycles. The molecule has 1 aromatic heterocycles. The van der Waals surface area contributed by atoms with Gasteiger partial charge in [0.1, 0.15) is 0 Å². The maximum Gasteiger partial charge on any atom is 0.277 e. The van der Waals surface area contributed by atoms with E-state index in [1.807, 2.05) is 0 Å². The first-order valence-electron chi connectivity index (χ1n) is 5.71. The molecule has 0 fully saturated rings. The Labute approximate surface area is 95.0 Å². The van der Waals surface area contributed by atoms with Crippen molar-refractivity contribution >= 4 is 5.69 Å². The Balaban J connectivity index is 2.27. The van der Waals surface area contributed by atoms with Gasteiger partial charge in [-0.3, -0.25) is 4.79 Å². The van der Waals surface area contributed by atoms with Crippen molar-refractivity contribution in [3.63, 3.8) is 0 Å². The van der Waals surface area contributed by atoms with Gasteiger partial charge in [0.15, 0.2) is 5.69 Å². The third-order valence-corrected chi connectivity index (χ3v) is 2.34. The van der Waals surface area contributed by atoms with E-state index in [2.05, 4.69) is 16.9 Å². The molecule has 1 aromatic rings. The van der Waals surface area contributed by atoms with Gasteiger partial charge >= 0.3 is 0 Å². The van der Waals surface area contributed by atoms with Gasteiger partial charge in [0.05, 0.1) is 12.9 Å². The highest BCUT2D eigenvalue weighted by Crippen LogP contribution is 2.11. The second-order valence-electron chi connectivity index (χ2n) is 3.71. The molecule has 5 nitrogen and oxygen atoms in total. The van der Waals surface area contributed by atoms with Gasteiger partial charge < -0.3 is 15.5 Å². The number of nitrogens with one attached hydrogen (secondary N) is 1. The number of unbranched alkanes of at least 4 members (excludes halogenated alkanes) is 4. The summed E-state index contributed by atoms with van der Waals surface area (Å²) in [6.45, 7) is 2.74. The molecule has 0 spiro atoms. The minimum Gasteiger partial charge on any atom is -0.476 e. The summed E-state index contributed by atoms with van der Waals surface area (Å²) in [5.74, 6) is 0.235. The standard InChI is InChI=1S/C11H19N3O2/c1-2-3-4-5-6-7-16-11-9(12)10(15)13-8-14-11/h8H,2-7,12H2,1H3,(H,13,14,15). The molecule has 1 heterocycles. The Hall–Kier alpha value is -1.52. The number of rotatable bonds is 7. The Morgan fingerprint density at radius 2 is 2.12 bits per heavy atom. The summed E-state index contributed by atoms with van der Waals surface area (Å²) in [7, 11) is 0. The van der Waals surface area contributed by atoms with E-state index in [-0.39, 0.29) is 17.1 Å². The van der Waals surface area contributed by atoms with Crippen LogP contribution in [0.25, 0.3) is 0 Å². The maximum absolute atomic E-state index is 11.1. The predicted molar refractivity (Wildman–Crippen MR) is 63.5 cm³/mol. The van der Waals surface area contributed by atoms with Crippen molar-refractivity contribution in [2.24, 2.45) is 0 Å². The van der Waals surface area contributed by atoms with Gasteiger partial charge in [0.2, 0.25) is 5.88 Å². The topological polar surface area (TPSA) is 81.0 Å². The number of nitrogen functional groups attached to an aromatic ring is 1. The normalized spacial score (nSPS) is 10.3. The fraction of sp³-hybridized carbons (Fsp3) is 0.636. The lowest BCUT2D eigenvalue weighted by Gasteiger charge is -2.06. The number of H-pyrrole nitrogens is 1. The van der Waals surface area contributed by atoms with Crippen LogP contribution in [-0.2, 0) is 0 Å². The molecule has 0 amide bonds. The summed E-state index contributed by atoms with van der Waals surface area (Å²) in [4.78, 5) is 17.4. The molecule has 5 heteroatoms. The number of hydrogen-bond acceptors (Lipinski definition) is 4. The number of aromatic amines is 1. The van der Waals surface area contributed by atoms with Crippen LogP contribution in [0.5, 0.6) is 5.88 Å². The quantitative estimate of drug-likeness (QED) is 0.692. The molecule has 0 aliphatic heterocycles. The maximum atomic E-state index is 11.1. The van der Waals surface area contributed by atoms with E-state index in [4.69, 9.17) is 10.5 Å². The molecule has 90 valence electrons. The van der Waals surface area contributed by atoms with Crippen LogP contribution < -0.4 is 16.0 Å². The van der Waals surface area contributed by atoms with E-state index in [0.29, 0.717) is 6.61 Å². The van der Waals surface area contributed by atoms with E-state index in [1.165, 1.54) is 25.6 Å². The number of nitrogens with zero attached hydrogens (tertiary/aromatic N) is 1. The number of ether oxygens (including phenoxy) is 1. The minimum absolute atomic E-state index is 0.0519. The van der Waals surface area contributed by atoms with Crippen LogP contribution in [0.2, 0.25) is 0 Å². The van der Waals surface area contributed by atoms with E-state index in [9.17, 15) is 4.79 Å². The molecule has 3 N–H and O–H groups in total. The zero-order valence-electron chi connectivity index (χ0n) is 9.66. The van der Waals surface area contributed by atoms with Crippen LogP contribution in [0.3, 0.4) is 0 Å². The zero-order chi connectivity index (χ0) is 11.8. The molecule has 0 aliphatic carbocycles. The van der Waals surface area contributed by atoms with E-state index in [0.717, 1.165) is 12.8 Å². The predicted octanol–water partition coefficient (Wildman–Crippen LogP) is 1.70. The van der Waals surface area contributed by atoms with Gasteiger partial charge in [-0.05, 0) is 6.42 Å². The number of aromatic nitrogens is 2. The first-order chi connectivity index (χ1) is 7.75. The molecule has 0 radical (unpaired) electrons. The number of hydrogen-bond donors (Lipinski definition) is 2. The highest BCUT2D eigenvalue weighted by atomic mass is 16.5. The van der Waals surface area contributed by atoms with Crippen molar-refractivity contribution < 1.29 is 4.74 Å². The Morgan fingerprint density at radius 3 is 2.88 bits per heavy atom. The Kier molecular flexibility index (Phi) is 5.39. The summed E-state index contributed by atoms with van der Waals surface area (Å²) in [5.41, 5.74) is 5.21. The minimum atomic E-state index is -0.351. The molecule has 0 unspecified atom stereocenters. The summed E-state index contributed by atoms with van der Waals surface area (Å²) < 4.78 is 5.34. The number of nitrogens with two attached hydrogens (primary N) is 1. The second-order valence-corrected chi connectivity index (χ2v) is 3.71. The molecule has 16 heavy (non-hydrogen) atoms. The van der Waals surface area contributed by atoms with Crippen LogP contribution >= 0.6 is 0 Å². The van der Waals surface area contributed by atoms with E-state index in [1.54, 1.807) is 0 Å². The van der Waals surface area contributed by atoms with Crippen LogP contribution in [0.15, 0.2) is 11.1 Å². The largest absolute Gasteiger partial charge is 0.476 e. The van der Waals surface area contributed by atoms with Crippen molar-refractivity contribution in [2.75, 3.05) is 12.3 Å². The molecule has 0 atom stereocenters. The van der Waals surface area contributed by atoms with E-state index < -0.39 is 0 Å². The summed E-state index contributed by atoms with van der Waals surface area (Å²) in [5, 5.41) is 0. The van der Waals surface area contributed by atoms with Gasteiger partial charge in [-0.15, -0.1) is 0 Å². The fourth-order valence-electron chi connectivity index (χ4n) is 1.38. The van der Waals surface area contributed by atoms with Crippen molar-refractivity contribution in [2.45, 2.75) is 39.0 Å². The van der Waals surface area contributed by atoms with E-state index >= 15 is 0 Å². The average Bonchev–Trinajstić information content (AvgIpc) is 2.29. The lowest BCUT2D eigenvalue weighted by molar-refractivity contribution is 0.294.